The third-order valence-electron chi connectivity index (χ3n) is 0.973. The molecule has 0 unspecified atom stereocenters. The van der Waals surface area contributed by atoms with Gasteiger partial charge in [-0.2, -0.15) is 0 Å². The van der Waals surface area contributed by atoms with Crippen LogP contribution in [0, 0.1) is 0 Å². The van der Waals surface area contributed by atoms with Crippen LogP contribution in [0.15, 0.2) is 16.7 Å². The predicted molar refractivity (Wildman–Crippen MR) is 44.3 cm³/mol. The van der Waals surface area contributed by atoms with Crippen LogP contribution >= 0.6 is 7.82 Å². The van der Waals surface area contributed by atoms with Crippen molar-refractivity contribution >= 4 is 14.1 Å². The van der Waals surface area contributed by atoms with E-state index < -0.39 is 7.82 Å². The maximum atomic E-state index is 9.96. The molecule has 7 nitrogen and oxygen atoms in total. The fraction of sp³-hybridized carbons (Fsp3) is 0.167. The number of phosphoric acid groups is 1. The van der Waals surface area contributed by atoms with Crippen LogP contribution in [0.2, 0.25) is 0 Å². The number of furan rings is 1. The van der Waals surface area contributed by atoms with Crippen LogP contribution < -0.4 is 0 Å². The van der Waals surface area contributed by atoms with Gasteiger partial charge in [0.05, 0.1) is 12.9 Å². The first-order valence-electron chi connectivity index (χ1n) is 3.28. The predicted octanol–water partition coefficient (Wildman–Crippen LogP) is -0.344. The Bertz CT molecular complexity index is 316. The van der Waals surface area contributed by atoms with E-state index in [2.05, 4.69) is 4.42 Å². The smallest absolute Gasteiger partial charge is 0.461 e. The zero-order valence-electron chi connectivity index (χ0n) is 6.90. The summed E-state index contributed by atoms with van der Waals surface area (Å²) in [5.74, 6) is 0.249. The SMILES string of the molecule is O=Cc1cc(CO)co1.O=P(O)(O)O. The number of carbonyl (C=O) groups excluding carboxylic acids is 1. The molecule has 0 aliphatic rings. The zero-order valence-corrected chi connectivity index (χ0v) is 7.79. The first kappa shape index (κ1) is 13.0. The Morgan fingerprint density at radius 3 is 2.14 bits per heavy atom. The average molecular weight is 224 g/mol. The standard InChI is InChI=1S/C6H6O3.H3O4P/c7-2-5-1-6(3-8)9-4-5;1-5(2,3)4/h1,3-4,7H,2H2;(H3,1,2,3,4). The lowest BCUT2D eigenvalue weighted by Crippen LogP contribution is -1.74. The summed E-state index contributed by atoms with van der Waals surface area (Å²) in [5, 5.41) is 8.47. The molecule has 8 heteroatoms. The summed E-state index contributed by atoms with van der Waals surface area (Å²) < 4.78 is 13.6. The lowest BCUT2D eigenvalue weighted by molar-refractivity contribution is 0.110. The largest absolute Gasteiger partial charge is 0.466 e. The third kappa shape index (κ3) is 7.66. The molecule has 0 bridgehead atoms. The van der Waals surface area contributed by atoms with E-state index in [-0.39, 0.29) is 12.4 Å². The summed E-state index contributed by atoms with van der Waals surface area (Å²) in [4.78, 5) is 31.5. The maximum absolute atomic E-state index is 9.96. The molecular weight excluding hydrogens is 215 g/mol. The molecule has 1 heterocycles. The minimum absolute atomic E-state index is 0.0860. The van der Waals surface area contributed by atoms with E-state index >= 15 is 0 Å². The number of aldehydes is 1. The van der Waals surface area contributed by atoms with E-state index in [0.29, 0.717) is 11.8 Å². The molecule has 0 aliphatic carbocycles. The first-order valence-corrected chi connectivity index (χ1v) is 4.85. The second-order valence-corrected chi connectivity index (χ2v) is 3.17. The van der Waals surface area contributed by atoms with Gasteiger partial charge in [-0.25, -0.2) is 4.57 Å². The van der Waals surface area contributed by atoms with Crippen molar-refractivity contribution in [2.45, 2.75) is 6.61 Å². The Kier molecular flexibility index (Phi) is 5.29. The lowest BCUT2D eigenvalue weighted by Gasteiger charge is -1.82. The van der Waals surface area contributed by atoms with Crippen molar-refractivity contribution in [1.29, 1.82) is 0 Å². The van der Waals surface area contributed by atoms with Gasteiger partial charge in [0.2, 0.25) is 0 Å². The van der Waals surface area contributed by atoms with Crippen LogP contribution in [-0.4, -0.2) is 26.1 Å². The number of aliphatic hydroxyl groups excluding tert-OH is 1. The first-order chi connectivity index (χ1) is 6.36. The molecule has 0 spiro atoms. The van der Waals surface area contributed by atoms with Gasteiger partial charge in [0.25, 0.3) is 0 Å². The molecular formula is C6H9O7P. The van der Waals surface area contributed by atoms with Crippen LogP contribution in [0.5, 0.6) is 0 Å². The summed E-state index contributed by atoms with van der Waals surface area (Å²) in [6.45, 7) is -0.0860. The third-order valence-corrected chi connectivity index (χ3v) is 0.973. The minimum Gasteiger partial charge on any atom is -0.461 e. The summed E-state index contributed by atoms with van der Waals surface area (Å²) in [6, 6.07) is 1.49. The van der Waals surface area contributed by atoms with Crippen molar-refractivity contribution in [1.82, 2.24) is 0 Å². The van der Waals surface area contributed by atoms with E-state index in [1.54, 1.807) is 0 Å². The fourth-order valence-corrected chi connectivity index (χ4v) is 0.539. The van der Waals surface area contributed by atoms with Crippen LogP contribution in [0.4, 0.5) is 0 Å². The second kappa shape index (κ2) is 5.69. The Labute approximate surface area is 78.8 Å². The molecule has 1 aromatic heterocycles. The van der Waals surface area contributed by atoms with Gasteiger partial charge in [-0.1, -0.05) is 0 Å². The lowest BCUT2D eigenvalue weighted by atomic mass is 10.3. The molecule has 80 valence electrons. The average Bonchev–Trinajstić information content (AvgIpc) is 2.48. The normalized spacial score (nSPS) is 10.3. The van der Waals surface area contributed by atoms with Crippen LogP contribution in [-0.2, 0) is 11.2 Å². The number of rotatable bonds is 2. The van der Waals surface area contributed by atoms with E-state index in [9.17, 15) is 4.79 Å². The van der Waals surface area contributed by atoms with Crippen molar-refractivity contribution < 1.29 is 33.6 Å². The molecule has 1 rings (SSSR count). The summed E-state index contributed by atoms with van der Waals surface area (Å²) in [7, 11) is -4.64. The quantitative estimate of drug-likeness (QED) is 0.399. The fourth-order valence-electron chi connectivity index (χ4n) is 0.539. The Morgan fingerprint density at radius 1 is 1.43 bits per heavy atom. The molecule has 0 atom stereocenters. The van der Waals surface area contributed by atoms with Crippen molar-refractivity contribution in [3.05, 3.63) is 23.7 Å². The van der Waals surface area contributed by atoms with E-state index in [4.69, 9.17) is 24.4 Å². The summed E-state index contributed by atoms with van der Waals surface area (Å²) in [5.41, 5.74) is 0.622. The second-order valence-electron chi connectivity index (χ2n) is 2.15. The van der Waals surface area contributed by atoms with Crippen LogP contribution in [0.25, 0.3) is 0 Å². The van der Waals surface area contributed by atoms with Crippen molar-refractivity contribution in [2.24, 2.45) is 0 Å². The number of aliphatic hydroxyl groups is 1. The molecule has 0 aromatic carbocycles. The Balaban J connectivity index is 0.000000292. The van der Waals surface area contributed by atoms with E-state index in [1.165, 1.54) is 12.3 Å². The molecule has 0 saturated heterocycles. The number of carbonyl (C=O) groups is 1. The monoisotopic (exact) mass is 224 g/mol. The highest BCUT2D eigenvalue weighted by atomic mass is 31.2. The summed E-state index contributed by atoms with van der Waals surface area (Å²) >= 11 is 0. The highest BCUT2D eigenvalue weighted by Crippen LogP contribution is 2.25. The van der Waals surface area contributed by atoms with Crippen molar-refractivity contribution in [3.63, 3.8) is 0 Å². The van der Waals surface area contributed by atoms with Gasteiger partial charge >= 0.3 is 7.82 Å². The van der Waals surface area contributed by atoms with Gasteiger partial charge in [-0.05, 0) is 6.07 Å². The highest BCUT2D eigenvalue weighted by molar-refractivity contribution is 7.45. The van der Waals surface area contributed by atoms with Gasteiger partial charge in [-0.3, -0.25) is 4.79 Å². The molecule has 4 N–H and O–H groups in total. The van der Waals surface area contributed by atoms with Gasteiger partial charge in [0, 0.05) is 5.56 Å². The molecule has 0 fully saturated rings. The maximum Gasteiger partial charge on any atom is 0.466 e. The van der Waals surface area contributed by atoms with Crippen LogP contribution in [0.1, 0.15) is 16.1 Å². The van der Waals surface area contributed by atoms with E-state index in [1.807, 2.05) is 0 Å². The molecule has 0 saturated carbocycles. The number of hydrogen-bond acceptors (Lipinski definition) is 4. The number of hydrogen-bond donors (Lipinski definition) is 4. The van der Waals surface area contributed by atoms with Gasteiger partial charge < -0.3 is 24.2 Å². The molecule has 1 aromatic rings. The molecule has 14 heavy (non-hydrogen) atoms. The Morgan fingerprint density at radius 2 is 1.93 bits per heavy atom. The molecule has 0 radical (unpaired) electrons. The van der Waals surface area contributed by atoms with Crippen molar-refractivity contribution in [2.75, 3.05) is 0 Å². The van der Waals surface area contributed by atoms with Gasteiger partial charge in [0.15, 0.2) is 12.0 Å². The minimum atomic E-state index is -4.64. The topological polar surface area (TPSA) is 128 Å². The molecule has 0 amide bonds. The van der Waals surface area contributed by atoms with Crippen molar-refractivity contribution in [3.8, 4) is 0 Å². The van der Waals surface area contributed by atoms with Gasteiger partial charge in [0.1, 0.15) is 0 Å². The van der Waals surface area contributed by atoms with Crippen LogP contribution in [0.3, 0.4) is 0 Å². The Hall–Kier alpha value is -0.980. The van der Waals surface area contributed by atoms with E-state index in [0.717, 1.165) is 0 Å². The zero-order chi connectivity index (χ0) is 11.2. The molecule has 0 aliphatic heterocycles. The van der Waals surface area contributed by atoms with Gasteiger partial charge in [-0.15, -0.1) is 0 Å². The highest BCUT2D eigenvalue weighted by Gasteiger charge is 2.00. The summed E-state index contributed by atoms with van der Waals surface area (Å²) in [6.07, 6.45) is 1.95.